The molecule has 1 amide bonds. The lowest BCUT2D eigenvalue weighted by atomic mass is 10.2. The van der Waals surface area contributed by atoms with Crippen molar-refractivity contribution in [3.63, 3.8) is 0 Å². The smallest absolute Gasteiger partial charge is 0.221 e. The van der Waals surface area contributed by atoms with Gasteiger partial charge in [-0.3, -0.25) is 9.79 Å². The maximum Gasteiger partial charge on any atom is 0.221 e. The molecule has 5 nitrogen and oxygen atoms in total. The minimum absolute atomic E-state index is 0.0675. The van der Waals surface area contributed by atoms with Gasteiger partial charge < -0.3 is 16.0 Å². The lowest BCUT2D eigenvalue weighted by Crippen LogP contribution is -2.39. The maximum atomic E-state index is 11.4. The van der Waals surface area contributed by atoms with Gasteiger partial charge in [0.05, 0.1) is 0 Å². The van der Waals surface area contributed by atoms with Gasteiger partial charge in [0, 0.05) is 33.1 Å². The number of aliphatic imine (C=N–C) groups is 1. The van der Waals surface area contributed by atoms with Gasteiger partial charge in [-0.05, 0) is 12.0 Å². The van der Waals surface area contributed by atoms with Crippen LogP contribution in [0, 0.1) is 0 Å². The van der Waals surface area contributed by atoms with Crippen LogP contribution in [0.4, 0.5) is 0 Å². The van der Waals surface area contributed by atoms with Gasteiger partial charge in [-0.1, -0.05) is 37.3 Å². The van der Waals surface area contributed by atoms with Crippen LogP contribution in [0.2, 0.25) is 0 Å². The number of amides is 1. The van der Waals surface area contributed by atoms with Crippen molar-refractivity contribution in [2.75, 3.05) is 20.1 Å². The summed E-state index contributed by atoms with van der Waals surface area (Å²) >= 11 is 0. The first kappa shape index (κ1) is 16.0. The lowest BCUT2D eigenvalue weighted by molar-refractivity contribution is -0.120. The molecule has 0 heterocycles. The summed E-state index contributed by atoms with van der Waals surface area (Å²) in [5, 5.41) is 9.18. The molecule has 0 saturated carbocycles. The molecule has 1 aromatic rings. The quantitative estimate of drug-likeness (QED) is 0.519. The largest absolute Gasteiger partial charge is 0.356 e. The van der Waals surface area contributed by atoms with Crippen molar-refractivity contribution < 1.29 is 4.79 Å². The minimum Gasteiger partial charge on any atom is -0.356 e. The van der Waals surface area contributed by atoms with Crippen LogP contribution in [0.15, 0.2) is 35.3 Å². The van der Waals surface area contributed by atoms with Crippen LogP contribution < -0.4 is 16.0 Å². The van der Waals surface area contributed by atoms with Crippen molar-refractivity contribution in [2.24, 2.45) is 4.99 Å². The number of carbonyl (C=O) groups is 1. The van der Waals surface area contributed by atoms with Crippen LogP contribution in [-0.4, -0.2) is 32.0 Å². The van der Waals surface area contributed by atoms with E-state index >= 15 is 0 Å². The third kappa shape index (κ3) is 6.78. The van der Waals surface area contributed by atoms with Crippen LogP contribution in [0.25, 0.3) is 0 Å². The van der Waals surface area contributed by atoms with Gasteiger partial charge in [0.2, 0.25) is 5.91 Å². The lowest BCUT2D eigenvalue weighted by Gasteiger charge is -2.11. The third-order valence-electron chi connectivity index (χ3n) is 2.74. The predicted octanol–water partition coefficient (Wildman–Crippen LogP) is 1.27. The second-order valence-electron chi connectivity index (χ2n) is 4.44. The standard InChI is InChI=1S/C15H24N4O/c1-3-10-17-14(20)9-11-18-15(16-2)19-12-13-7-5-4-6-8-13/h4-8H,3,9-12H2,1-2H3,(H,17,20)(H2,16,18,19). The Morgan fingerprint density at radius 1 is 1.10 bits per heavy atom. The highest BCUT2D eigenvalue weighted by molar-refractivity contribution is 5.81. The average molecular weight is 276 g/mol. The van der Waals surface area contributed by atoms with E-state index in [1.165, 1.54) is 5.56 Å². The van der Waals surface area contributed by atoms with Gasteiger partial charge >= 0.3 is 0 Å². The SMILES string of the molecule is CCCNC(=O)CCNC(=NC)NCc1ccccc1. The highest BCUT2D eigenvalue weighted by atomic mass is 16.1. The Kier molecular flexibility index (Phi) is 7.87. The summed E-state index contributed by atoms with van der Waals surface area (Å²) in [5.74, 6) is 0.773. The van der Waals surface area contributed by atoms with E-state index in [2.05, 4.69) is 33.1 Å². The summed E-state index contributed by atoms with van der Waals surface area (Å²) in [5.41, 5.74) is 1.19. The Balaban J connectivity index is 2.22. The molecular formula is C15H24N4O. The van der Waals surface area contributed by atoms with Gasteiger partial charge in [-0.15, -0.1) is 0 Å². The predicted molar refractivity (Wildman–Crippen MR) is 82.6 cm³/mol. The number of hydrogen-bond acceptors (Lipinski definition) is 2. The Morgan fingerprint density at radius 2 is 1.85 bits per heavy atom. The first-order chi connectivity index (χ1) is 9.76. The number of rotatable bonds is 7. The summed E-state index contributed by atoms with van der Waals surface area (Å²) in [6, 6.07) is 10.1. The zero-order valence-corrected chi connectivity index (χ0v) is 12.3. The van der Waals surface area contributed by atoms with Crippen molar-refractivity contribution in [3.05, 3.63) is 35.9 Å². The number of nitrogens with one attached hydrogen (secondary N) is 3. The third-order valence-corrected chi connectivity index (χ3v) is 2.74. The molecule has 0 aliphatic heterocycles. The van der Waals surface area contributed by atoms with Crippen molar-refractivity contribution in [2.45, 2.75) is 26.3 Å². The van der Waals surface area contributed by atoms with Crippen molar-refractivity contribution in [1.29, 1.82) is 0 Å². The Bertz CT molecular complexity index is 417. The van der Waals surface area contributed by atoms with E-state index in [4.69, 9.17) is 0 Å². The van der Waals surface area contributed by atoms with Gasteiger partial charge in [0.25, 0.3) is 0 Å². The second kappa shape index (κ2) is 9.83. The number of nitrogens with zero attached hydrogens (tertiary/aromatic N) is 1. The van der Waals surface area contributed by atoms with E-state index in [1.54, 1.807) is 7.05 Å². The van der Waals surface area contributed by atoms with E-state index in [-0.39, 0.29) is 5.91 Å². The van der Waals surface area contributed by atoms with E-state index in [1.807, 2.05) is 25.1 Å². The van der Waals surface area contributed by atoms with Crippen LogP contribution in [0.3, 0.4) is 0 Å². The number of benzene rings is 1. The summed E-state index contributed by atoms with van der Waals surface area (Å²) in [6.07, 6.45) is 1.41. The summed E-state index contributed by atoms with van der Waals surface area (Å²) in [7, 11) is 1.72. The molecule has 0 unspecified atom stereocenters. The molecule has 0 atom stereocenters. The molecule has 0 fully saturated rings. The van der Waals surface area contributed by atoms with Crippen molar-refractivity contribution in [3.8, 4) is 0 Å². The Labute approximate surface area is 120 Å². The topological polar surface area (TPSA) is 65.5 Å². The van der Waals surface area contributed by atoms with Gasteiger partial charge in [-0.2, -0.15) is 0 Å². The molecule has 1 rings (SSSR count). The average Bonchev–Trinajstić information content (AvgIpc) is 2.49. The zero-order chi connectivity index (χ0) is 14.6. The van der Waals surface area contributed by atoms with E-state index in [9.17, 15) is 4.79 Å². The van der Waals surface area contributed by atoms with Crippen LogP contribution in [0.5, 0.6) is 0 Å². The van der Waals surface area contributed by atoms with Crippen LogP contribution in [-0.2, 0) is 11.3 Å². The number of hydrogen-bond donors (Lipinski definition) is 3. The normalized spacial score (nSPS) is 11.0. The molecule has 1 aromatic carbocycles. The van der Waals surface area contributed by atoms with Crippen molar-refractivity contribution >= 4 is 11.9 Å². The van der Waals surface area contributed by atoms with Gasteiger partial charge in [0.1, 0.15) is 0 Å². The monoisotopic (exact) mass is 276 g/mol. The molecule has 0 spiro atoms. The first-order valence-corrected chi connectivity index (χ1v) is 7.01. The van der Waals surface area contributed by atoms with Gasteiger partial charge in [-0.25, -0.2) is 0 Å². The molecule has 20 heavy (non-hydrogen) atoms. The fraction of sp³-hybridized carbons (Fsp3) is 0.467. The summed E-state index contributed by atoms with van der Waals surface area (Å²) in [4.78, 5) is 15.6. The second-order valence-corrected chi connectivity index (χ2v) is 4.44. The summed E-state index contributed by atoms with van der Waals surface area (Å²) < 4.78 is 0. The fourth-order valence-corrected chi connectivity index (χ4v) is 1.65. The molecular weight excluding hydrogens is 252 g/mol. The number of carbonyl (C=O) groups excluding carboxylic acids is 1. The molecule has 110 valence electrons. The fourth-order valence-electron chi connectivity index (χ4n) is 1.65. The Hall–Kier alpha value is -2.04. The van der Waals surface area contributed by atoms with Crippen molar-refractivity contribution in [1.82, 2.24) is 16.0 Å². The molecule has 0 aromatic heterocycles. The van der Waals surface area contributed by atoms with E-state index < -0.39 is 0 Å². The molecule has 0 aliphatic carbocycles. The Morgan fingerprint density at radius 3 is 2.50 bits per heavy atom. The zero-order valence-electron chi connectivity index (χ0n) is 12.3. The molecule has 0 aliphatic rings. The van der Waals surface area contributed by atoms with Crippen LogP contribution >= 0.6 is 0 Å². The highest BCUT2D eigenvalue weighted by Gasteiger charge is 2.01. The minimum atomic E-state index is 0.0675. The highest BCUT2D eigenvalue weighted by Crippen LogP contribution is 1.96. The number of guanidine groups is 1. The van der Waals surface area contributed by atoms with Crippen LogP contribution in [0.1, 0.15) is 25.3 Å². The van der Waals surface area contributed by atoms with E-state index in [0.29, 0.717) is 25.5 Å². The summed E-state index contributed by atoms with van der Waals surface area (Å²) in [6.45, 7) is 4.06. The maximum absolute atomic E-state index is 11.4. The molecule has 3 N–H and O–H groups in total. The molecule has 0 saturated heterocycles. The molecule has 5 heteroatoms. The van der Waals surface area contributed by atoms with E-state index in [0.717, 1.165) is 13.0 Å². The first-order valence-electron chi connectivity index (χ1n) is 7.01. The molecule has 0 bridgehead atoms. The van der Waals surface area contributed by atoms with Gasteiger partial charge in [0.15, 0.2) is 5.96 Å². The molecule has 0 radical (unpaired) electrons.